The van der Waals surface area contributed by atoms with Crippen LogP contribution in [0.3, 0.4) is 0 Å². The lowest BCUT2D eigenvalue weighted by molar-refractivity contribution is -0.137. The van der Waals surface area contributed by atoms with Crippen molar-refractivity contribution in [2.75, 3.05) is 12.4 Å². The molecule has 0 aromatic carbocycles. The van der Waals surface area contributed by atoms with Crippen LogP contribution in [0.5, 0.6) is 0 Å². The molecule has 0 saturated heterocycles. The molecular weight excluding hydrogens is 243 g/mol. The van der Waals surface area contributed by atoms with Crippen LogP contribution >= 0.6 is 11.8 Å². The fraction of sp³-hybridized carbons (Fsp3) is 0.444. The first-order valence-electron chi connectivity index (χ1n) is 4.38. The second-order valence-electron chi connectivity index (χ2n) is 3.03. The second kappa shape index (κ2) is 5.51. The minimum absolute atomic E-state index is 0.102. The van der Waals surface area contributed by atoms with Gasteiger partial charge in [0.05, 0.1) is 23.3 Å². The highest BCUT2D eigenvalue weighted by molar-refractivity contribution is 7.99. The number of alkyl halides is 3. The lowest BCUT2D eigenvalue weighted by Crippen LogP contribution is -2.14. The Kier molecular flexibility index (Phi) is 4.57. The first-order valence-corrected chi connectivity index (χ1v) is 5.37. The number of hydrogen-bond donors (Lipinski definition) is 2. The molecule has 0 aliphatic carbocycles. The Morgan fingerprint density at radius 1 is 1.44 bits per heavy atom. The molecule has 90 valence electrons. The molecule has 7 heteroatoms. The molecule has 16 heavy (non-hydrogen) atoms. The van der Waals surface area contributed by atoms with E-state index in [1.54, 1.807) is 0 Å². The zero-order valence-electron chi connectivity index (χ0n) is 8.11. The van der Waals surface area contributed by atoms with E-state index in [-0.39, 0.29) is 10.8 Å². The number of hydrogen-bond acceptors (Lipinski definition) is 4. The molecule has 0 spiro atoms. The Balaban J connectivity index is 2.68. The van der Waals surface area contributed by atoms with Crippen molar-refractivity contribution < 1.29 is 23.4 Å². The molecule has 0 amide bonds. The number of nitrogens with zero attached hydrogens (tertiary/aromatic N) is 1. The van der Waals surface area contributed by atoms with E-state index in [9.17, 15) is 13.2 Å². The van der Waals surface area contributed by atoms with Gasteiger partial charge in [-0.05, 0) is 12.1 Å². The monoisotopic (exact) mass is 253 g/mol. The van der Waals surface area contributed by atoms with Crippen LogP contribution in [0.4, 0.5) is 13.2 Å². The Morgan fingerprint density at radius 2 is 2.12 bits per heavy atom. The lowest BCUT2D eigenvalue weighted by Gasteiger charge is -2.09. The standard InChI is InChI=1S/C9H10F3NO2S/c10-9(11,12)6-1-2-13-8(3-6)16-5-7(15)4-14/h1-3,7,14-15H,4-5H2. The van der Waals surface area contributed by atoms with Gasteiger partial charge in [-0.3, -0.25) is 0 Å². The lowest BCUT2D eigenvalue weighted by atomic mass is 10.3. The third-order valence-electron chi connectivity index (χ3n) is 1.70. The van der Waals surface area contributed by atoms with E-state index in [1.807, 2.05) is 0 Å². The number of rotatable bonds is 4. The largest absolute Gasteiger partial charge is 0.416 e. The van der Waals surface area contributed by atoms with Gasteiger partial charge in [0.25, 0.3) is 0 Å². The molecule has 0 saturated carbocycles. The molecule has 0 aliphatic heterocycles. The predicted octanol–water partition coefficient (Wildman–Crippen LogP) is 1.55. The number of aliphatic hydroxyl groups is 2. The number of pyridine rings is 1. The highest BCUT2D eigenvalue weighted by Gasteiger charge is 2.30. The Labute approximate surface area is 94.3 Å². The summed E-state index contributed by atoms with van der Waals surface area (Å²) in [5, 5.41) is 17.7. The molecule has 0 radical (unpaired) electrons. The van der Waals surface area contributed by atoms with Crippen LogP contribution < -0.4 is 0 Å². The Morgan fingerprint density at radius 3 is 2.69 bits per heavy atom. The summed E-state index contributed by atoms with van der Waals surface area (Å²) in [6.07, 6.45) is -4.29. The minimum atomic E-state index is -4.39. The van der Waals surface area contributed by atoms with Crippen LogP contribution in [0.25, 0.3) is 0 Å². The van der Waals surface area contributed by atoms with Gasteiger partial charge in [0.2, 0.25) is 0 Å². The molecule has 1 atom stereocenters. The van der Waals surface area contributed by atoms with Gasteiger partial charge in [-0.2, -0.15) is 13.2 Å². The van der Waals surface area contributed by atoms with Crippen molar-refractivity contribution in [1.29, 1.82) is 0 Å². The Bertz CT molecular complexity index is 346. The normalized spacial score (nSPS) is 13.8. The molecule has 0 bridgehead atoms. The van der Waals surface area contributed by atoms with E-state index in [2.05, 4.69) is 4.98 Å². The fourth-order valence-electron chi connectivity index (χ4n) is 0.899. The number of thioether (sulfide) groups is 1. The first kappa shape index (κ1) is 13.3. The molecule has 1 aromatic heterocycles. The summed E-state index contributed by atoms with van der Waals surface area (Å²) in [6.45, 7) is -0.425. The van der Waals surface area contributed by atoms with Gasteiger partial charge >= 0.3 is 6.18 Å². The van der Waals surface area contributed by atoms with Crippen LogP contribution in [-0.4, -0.2) is 33.7 Å². The minimum Gasteiger partial charge on any atom is -0.394 e. The molecule has 0 fully saturated rings. The van der Waals surface area contributed by atoms with Gasteiger partial charge in [0.15, 0.2) is 0 Å². The average Bonchev–Trinajstić information content (AvgIpc) is 2.25. The van der Waals surface area contributed by atoms with Crippen molar-refractivity contribution in [1.82, 2.24) is 4.98 Å². The maximum absolute atomic E-state index is 12.3. The summed E-state index contributed by atoms with van der Waals surface area (Å²) in [6, 6.07) is 1.79. The quantitative estimate of drug-likeness (QED) is 0.799. The van der Waals surface area contributed by atoms with E-state index in [0.29, 0.717) is 0 Å². The fourth-order valence-corrected chi connectivity index (χ4v) is 1.71. The van der Waals surface area contributed by atoms with Gasteiger partial charge in [0.1, 0.15) is 0 Å². The summed E-state index contributed by atoms with van der Waals surface area (Å²) in [7, 11) is 0. The Hall–Kier alpha value is -0.790. The van der Waals surface area contributed by atoms with E-state index in [4.69, 9.17) is 10.2 Å². The third kappa shape index (κ3) is 3.99. The van der Waals surface area contributed by atoms with Crippen LogP contribution in [0.15, 0.2) is 23.4 Å². The van der Waals surface area contributed by atoms with E-state index in [1.165, 1.54) is 0 Å². The predicted molar refractivity (Wildman–Crippen MR) is 53.1 cm³/mol. The average molecular weight is 253 g/mol. The summed E-state index contributed by atoms with van der Waals surface area (Å²) in [4.78, 5) is 3.73. The van der Waals surface area contributed by atoms with Gasteiger partial charge < -0.3 is 10.2 Å². The zero-order chi connectivity index (χ0) is 12.2. The van der Waals surface area contributed by atoms with Gasteiger partial charge in [-0.25, -0.2) is 4.98 Å². The van der Waals surface area contributed by atoms with Crippen molar-refractivity contribution in [3.63, 3.8) is 0 Å². The van der Waals surface area contributed by atoms with Crippen molar-refractivity contribution in [2.24, 2.45) is 0 Å². The van der Waals surface area contributed by atoms with Crippen molar-refractivity contribution in [3.05, 3.63) is 23.9 Å². The van der Waals surface area contributed by atoms with Crippen LogP contribution in [0.1, 0.15) is 5.56 Å². The highest BCUT2D eigenvalue weighted by Crippen LogP contribution is 2.30. The highest BCUT2D eigenvalue weighted by atomic mass is 32.2. The van der Waals surface area contributed by atoms with Crippen molar-refractivity contribution in [3.8, 4) is 0 Å². The first-order chi connectivity index (χ1) is 7.43. The number of aromatic nitrogens is 1. The molecule has 1 unspecified atom stereocenters. The topological polar surface area (TPSA) is 53.4 Å². The van der Waals surface area contributed by atoms with Gasteiger partial charge in [-0.1, -0.05) is 0 Å². The number of aliphatic hydroxyl groups excluding tert-OH is 2. The molecule has 3 nitrogen and oxygen atoms in total. The van der Waals surface area contributed by atoms with E-state index >= 15 is 0 Å². The zero-order valence-corrected chi connectivity index (χ0v) is 8.92. The molecule has 1 heterocycles. The van der Waals surface area contributed by atoms with Crippen LogP contribution in [-0.2, 0) is 6.18 Å². The van der Waals surface area contributed by atoms with Gasteiger partial charge in [-0.15, -0.1) is 11.8 Å². The smallest absolute Gasteiger partial charge is 0.394 e. The molecule has 0 aliphatic rings. The maximum atomic E-state index is 12.3. The van der Waals surface area contributed by atoms with Crippen LogP contribution in [0, 0.1) is 0 Å². The van der Waals surface area contributed by atoms with E-state index < -0.39 is 24.5 Å². The third-order valence-corrected chi connectivity index (χ3v) is 2.77. The second-order valence-corrected chi connectivity index (χ2v) is 4.07. The van der Waals surface area contributed by atoms with E-state index in [0.717, 1.165) is 30.1 Å². The maximum Gasteiger partial charge on any atom is 0.416 e. The van der Waals surface area contributed by atoms with Crippen LogP contribution in [0.2, 0.25) is 0 Å². The van der Waals surface area contributed by atoms with Crippen molar-refractivity contribution in [2.45, 2.75) is 17.3 Å². The SMILES string of the molecule is OCC(O)CSc1cc(C(F)(F)F)ccn1. The van der Waals surface area contributed by atoms with Gasteiger partial charge in [0, 0.05) is 11.9 Å². The molecular formula is C9H10F3NO2S. The summed E-state index contributed by atoms with van der Waals surface area (Å²) in [5.74, 6) is 0.102. The summed E-state index contributed by atoms with van der Waals surface area (Å²) in [5.41, 5.74) is -0.775. The number of halogens is 3. The molecule has 2 N–H and O–H groups in total. The van der Waals surface area contributed by atoms with Crippen molar-refractivity contribution >= 4 is 11.8 Å². The molecule has 1 aromatic rings. The summed E-state index contributed by atoms with van der Waals surface area (Å²) >= 11 is 0.962. The molecule has 1 rings (SSSR count). The summed E-state index contributed by atoms with van der Waals surface area (Å²) < 4.78 is 36.9.